The standard InChI is InChI=1S/C20H21N3O3/c1-13-6-4-5-7-14(13)8-9-18(24)23-17-11-15(19(25)21-2)10-16(12-17)20(26)22-3/h4-12H,1-3H3,(H,21,25)(H,22,26)(H,23,24)/b9-8+. The van der Waals surface area contributed by atoms with Crippen molar-refractivity contribution in [1.29, 1.82) is 0 Å². The number of rotatable bonds is 5. The number of hydrogen-bond acceptors (Lipinski definition) is 3. The van der Waals surface area contributed by atoms with Crippen LogP contribution in [-0.2, 0) is 4.79 Å². The van der Waals surface area contributed by atoms with Crippen LogP contribution in [-0.4, -0.2) is 31.8 Å². The summed E-state index contributed by atoms with van der Waals surface area (Å²) in [6, 6.07) is 12.2. The SMILES string of the molecule is CNC(=O)c1cc(NC(=O)/C=C/c2ccccc2C)cc(C(=O)NC)c1. The summed E-state index contributed by atoms with van der Waals surface area (Å²) in [7, 11) is 3.00. The molecule has 0 spiro atoms. The van der Waals surface area contributed by atoms with Gasteiger partial charge in [-0.15, -0.1) is 0 Å². The summed E-state index contributed by atoms with van der Waals surface area (Å²) in [5.41, 5.74) is 2.93. The van der Waals surface area contributed by atoms with E-state index in [9.17, 15) is 14.4 Å². The number of benzene rings is 2. The maximum Gasteiger partial charge on any atom is 0.251 e. The Morgan fingerprint density at radius 3 is 2.00 bits per heavy atom. The molecule has 2 rings (SSSR count). The third-order valence-electron chi connectivity index (χ3n) is 3.78. The number of carbonyl (C=O) groups is 3. The zero-order valence-corrected chi connectivity index (χ0v) is 14.9. The van der Waals surface area contributed by atoms with Crippen molar-refractivity contribution < 1.29 is 14.4 Å². The Hall–Kier alpha value is -3.41. The largest absolute Gasteiger partial charge is 0.355 e. The van der Waals surface area contributed by atoms with Gasteiger partial charge in [-0.2, -0.15) is 0 Å². The molecule has 134 valence electrons. The molecule has 3 amide bonds. The minimum Gasteiger partial charge on any atom is -0.355 e. The lowest BCUT2D eigenvalue weighted by Crippen LogP contribution is -2.22. The van der Waals surface area contributed by atoms with Crippen LogP contribution in [0.3, 0.4) is 0 Å². The zero-order valence-electron chi connectivity index (χ0n) is 14.9. The Balaban J connectivity index is 2.24. The molecule has 0 heterocycles. The van der Waals surface area contributed by atoms with E-state index in [1.165, 1.54) is 38.4 Å². The number of hydrogen-bond donors (Lipinski definition) is 3. The summed E-state index contributed by atoms with van der Waals surface area (Å²) >= 11 is 0. The number of anilines is 1. The van der Waals surface area contributed by atoms with Crippen molar-refractivity contribution in [2.45, 2.75) is 6.92 Å². The smallest absolute Gasteiger partial charge is 0.251 e. The molecule has 0 atom stereocenters. The quantitative estimate of drug-likeness (QED) is 0.723. The van der Waals surface area contributed by atoms with Crippen molar-refractivity contribution in [2.75, 3.05) is 19.4 Å². The van der Waals surface area contributed by atoms with E-state index in [4.69, 9.17) is 0 Å². The first-order chi connectivity index (χ1) is 12.4. The Morgan fingerprint density at radius 1 is 0.885 bits per heavy atom. The Kier molecular flexibility index (Phi) is 6.27. The van der Waals surface area contributed by atoms with Gasteiger partial charge in [0.05, 0.1) is 0 Å². The molecular weight excluding hydrogens is 330 g/mol. The molecule has 2 aromatic carbocycles. The molecule has 0 saturated carbocycles. The van der Waals surface area contributed by atoms with Crippen LogP contribution in [0.5, 0.6) is 0 Å². The maximum atomic E-state index is 12.2. The topological polar surface area (TPSA) is 87.3 Å². The summed E-state index contributed by atoms with van der Waals surface area (Å²) in [6.45, 7) is 1.96. The fourth-order valence-corrected chi connectivity index (χ4v) is 2.37. The Morgan fingerprint density at radius 2 is 1.46 bits per heavy atom. The van der Waals surface area contributed by atoms with Gasteiger partial charge in [-0.05, 0) is 42.3 Å². The van der Waals surface area contributed by atoms with Crippen LogP contribution in [0.2, 0.25) is 0 Å². The van der Waals surface area contributed by atoms with E-state index in [1.54, 1.807) is 6.08 Å². The predicted molar refractivity (Wildman–Crippen MR) is 102 cm³/mol. The summed E-state index contributed by atoms with van der Waals surface area (Å²) in [5.74, 6) is -1.05. The minimum absolute atomic E-state index is 0.284. The van der Waals surface area contributed by atoms with Crippen LogP contribution in [0.1, 0.15) is 31.8 Å². The maximum absolute atomic E-state index is 12.2. The fourth-order valence-electron chi connectivity index (χ4n) is 2.37. The monoisotopic (exact) mass is 351 g/mol. The molecule has 0 aromatic heterocycles. The number of carbonyl (C=O) groups excluding carboxylic acids is 3. The van der Waals surface area contributed by atoms with Gasteiger partial charge in [0.1, 0.15) is 0 Å². The second-order valence-electron chi connectivity index (χ2n) is 5.64. The second kappa shape index (κ2) is 8.62. The van der Waals surface area contributed by atoms with Gasteiger partial charge in [-0.3, -0.25) is 14.4 Å². The summed E-state index contributed by atoms with van der Waals surface area (Å²) < 4.78 is 0. The molecule has 6 nitrogen and oxygen atoms in total. The van der Waals surface area contributed by atoms with Gasteiger partial charge in [0.15, 0.2) is 0 Å². The molecule has 0 fully saturated rings. The van der Waals surface area contributed by atoms with Crippen molar-refractivity contribution in [3.8, 4) is 0 Å². The Labute approximate surface area is 152 Å². The van der Waals surface area contributed by atoms with E-state index >= 15 is 0 Å². The van der Waals surface area contributed by atoms with Crippen molar-refractivity contribution in [3.05, 3.63) is 70.8 Å². The van der Waals surface area contributed by atoms with Gasteiger partial charge in [0.2, 0.25) is 5.91 Å². The first kappa shape index (κ1) is 18.9. The molecule has 6 heteroatoms. The molecule has 0 aliphatic carbocycles. The minimum atomic E-state index is -0.356. The van der Waals surface area contributed by atoms with E-state index in [1.807, 2.05) is 31.2 Å². The van der Waals surface area contributed by atoms with Crippen LogP contribution in [0.15, 0.2) is 48.5 Å². The van der Waals surface area contributed by atoms with Crippen molar-refractivity contribution in [1.82, 2.24) is 10.6 Å². The predicted octanol–water partition coefficient (Wildman–Crippen LogP) is 2.37. The molecule has 2 aromatic rings. The van der Waals surface area contributed by atoms with Crippen LogP contribution in [0.4, 0.5) is 5.69 Å². The molecule has 0 radical (unpaired) electrons. The first-order valence-corrected chi connectivity index (χ1v) is 8.08. The highest BCUT2D eigenvalue weighted by Crippen LogP contribution is 2.16. The highest BCUT2D eigenvalue weighted by atomic mass is 16.2. The highest BCUT2D eigenvalue weighted by Gasteiger charge is 2.12. The van der Waals surface area contributed by atoms with Gasteiger partial charge in [-0.25, -0.2) is 0 Å². The van der Waals surface area contributed by atoms with Gasteiger partial charge in [-0.1, -0.05) is 24.3 Å². The average molecular weight is 351 g/mol. The van der Waals surface area contributed by atoms with Crippen molar-refractivity contribution in [3.63, 3.8) is 0 Å². The summed E-state index contributed by atoms with van der Waals surface area (Å²) in [4.78, 5) is 36.0. The molecule has 26 heavy (non-hydrogen) atoms. The summed E-state index contributed by atoms with van der Waals surface area (Å²) in [6.07, 6.45) is 3.13. The average Bonchev–Trinajstić information content (AvgIpc) is 2.65. The molecule has 0 aliphatic rings. The molecule has 0 bridgehead atoms. The highest BCUT2D eigenvalue weighted by molar-refractivity contribution is 6.05. The van der Waals surface area contributed by atoms with Crippen LogP contribution in [0.25, 0.3) is 6.08 Å². The summed E-state index contributed by atoms with van der Waals surface area (Å²) in [5, 5.41) is 7.69. The number of aryl methyl sites for hydroxylation is 1. The van der Waals surface area contributed by atoms with Gasteiger partial charge < -0.3 is 16.0 Å². The van der Waals surface area contributed by atoms with Crippen LogP contribution in [0, 0.1) is 6.92 Å². The molecular formula is C20H21N3O3. The third kappa shape index (κ3) is 4.80. The second-order valence-corrected chi connectivity index (χ2v) is 5.64. The molecule has 3 N–H and O–H groups in total. The van der Waals surface area contributed by atoms with Gasteiger partial charge in [0.25, 0.3) is 11.8 Å². The van der Waals surface area contributed by atoms with E-state index < -0.39 is 0 Å². The molecule has 0 saturated heterocycles. The molecule has 0 aliphatic heterocycles. The number of nitrogens with one attached hydrogen (secondary N) is 3. The van der Waals surface area contributed by atoms with Crippen molar-refractivity contribution >= 4 is 29.5 Å². The third-order valence-corrected chi connectivity index (χ3v) is 3.78. The fraction of sp³-hybridized carbons (Fsp3) is 0.150. The van der Waals surface area contributed by atoms with Gasteiger partial charge in [0, 0.05) is 37.0 Å². The van der Waals surface area contributed by atoms with E-state index in [0.717, 1.165) is 11.1 Å². The lowest BCUT2D eigenvalue weighted by Gasteiger charge is -2.09. The van der Waals surface area contributed by atoms with E-state index in [0.29, 0.717) is 5.69 Å². The van der Waals surface area contributed by atoms with Gasteiger partial charge >= 0.3 is 0 Å². The zero-order chi connectivity index (χ0) is 19.1. The van der Waals surface area contributed by atoms with E-state index in [2.05, 4.69) is 16.0 Å². The lowest BCUT2D eigenvalue weighted by atomic mass is 10.1. The lowest BCUT2D eigenvalue weighted by molar-refractivity contribution is -0.111. The Bertz CT molecular complexity index is 838. The van der Waals surface area contributed by atoms with Crippen LogP contribution >= 0.6 is 0 Å². The molecule has 0 unspecified atom stereocenters. The number of amides is 3. The normalized spacial score (nSPS) is 10.4. The van der Waals surface area contributed by atoms with E-state index in [-0.39, 0.29) is 28.8 Å². The van der Waals surface area contributed by atoms with Crippen LogP contribution < -0.4 is 16.0 Å². The van der Waals surface area contributed by atoms with Crippen molar-refractivity contribution in [2.24, 2.45) is 0 Å². The first-order valence-electron chi connectivity index (χ1n) is 8.08.